The van der Waals surface area contributed by atoms with E-state index in [4.69, 9.17) is 0 Å². The van der Waals surface area contributed by atoms with E-state index in [9.17, 15) is 51.9 Å². The van der Waals surface area contributed by atoms with Crippen LogP contribution in [0.3, 0.4) is 0 Å². The van der Waals surface area contributed by atoms with E-state index in [0.717, 1.165) is 48.5 Å². The zero-order valence-corrected chi connectivity index (χ0v) is 27.8. The fraction of sp³-hybridized carbons (Fsp3) is 0.231. The molecular weight excluding hydrogens is 717 g/mol. The molecule has 0 aliphatic carbocycles. The Morgan fingerprint density at radius 1 is 0.417 bits per heavy atom. The molecule has 0 fully saturated rings. The molecular formula is C26H28N6O12S4. The maximum absolute atomic E-state index is 11.7. The van der Waals surface area contributed by atoms with E-state index in [2.05, 4.69) is 19.9 Å². The molecule has 4 aromatic rings. The van der Waals surface area contributed by atoms with Gasteiger partial charge in [-0.15, -0.1) is 0 Å². The predicted molar refractivity (Wildman–Crippen MR) is 164 cm³/mol. The summed E-state index contributed by atoms with van der Waals surface area (Å²) in [6, 6.07) is 8.89. The smallest absolute Gasteiger partial charge is 0.290 e. The van der Waals surface area contributed by atoms with Gasteiger partial charge in [-0.2, -0.15) is 33.7 Å². The van der Waals surface area contributed by atoms with E-state index >= 15 is 0 Å². The third-order valence-electron chi connectivity index (χ3n) is 6.62. The van der Waals surface area contributed by atoms with Gasteiger partial charge in [0.25, 0.3) is 40.5 Å². The average molecular weight is 745 g/mol. The van der Waals surface area contributed by atoms with Crippen molar-refractivity contribution in [3.05, 3.63) is 96.1 Å². The van der Waals surface area contributed by atoms with E-state index in [1.165, 1.54) is 24.8 Å². The fourth-order valence-electron chi connectivity index (χ4n) is 4.44. The van der Waals surface area contributed by atoms with Gasteiger partial charge in [0.2, 0.25) is 0 Å². The largest absolute Gasteiger partial charge is 0.294 e. The molecule has 48 heavy (non-hydrogen) atoms. The third-order valence-corrected chi connectivity index (χ3v) is 10.0. The van der Waals surface area contributed by atoms with Crippen molar-refractivity contribution >= 4 is 40.5 Å². The Morgan fingerprint density at radius 2 is 0.625 bits per heavy atom. The van der Waals surface area contributed by atoms with Crippen LogP contribution in [0.15, 0.2) is 92.9 Å². The third kappa shape index (κ3) is 10.8. The van der Waals surface area contributed by atoms with Crippen LogP contribution in [0.1, 0.15) is 22.8 Å². The van der Waals surface area contributed by atoms with Crippen LogP contribution in [0.4, 0.5) is 0 Å². The summed E-state index contributed by atoms with van der Waals surface area (Å²) in [4.78, 5) is 18.3. The topological polar surface area (TPSA) is 276 Å². The maximum Gasteiger partial charge on any atom is 0.294 e. The number of hydrogen-bond donors (Lipinski definition) is 4. The molecule has 22 heteroatoms. The molecule has 4 rings (SSSR count). The molecule has 0 bridgehead atoms. The summed E-state index contributed by atoms with van der Waals surface area (Å²) < 4.78 is 132. The van der Waals surface area contributed by atoms with E-state index in [1.807, 2.05) is 0 Å². The minimum Gasteiger partial charge on any atom is -0.290 e. The van der Waals surface area contributed by atoms with Crippen molar-refractivity contribution in [1.29, 1.82) is 0 Å². The van der Waals surface area contributed by atoms with Gasteiger partial charge in [0, 0.05) is 64.1 Å². The van der Waals surface area contributed by atoms with Crippen LogP contribution in [-0.4, -0.2) is 94.7 Å². The van der Waals surface area contributed by atoms with E-state index in [1.54, 1.807) is 9.80 Å². The molecule has 0 amide bonds. The number of aromatic nitrogens is 4. The number of rotatable bonds is 15. The molecule has 4 N–H and O–H groups in total. The first-order chi connectivity index (χ1) is 22.3. The second-order valence-electron chi connectivity index (χ2n) is 10.3. The maximum atomic E-state index is 11.7. The molecule has 0 aliphatic rings. The Morgan fingerprint density at radius 3 is 0.812 bits per heavy atom. The lowest BCUT2D eigenvalue weighted by atomic mass is 10.2. The van der Waals surface area contributed by atoms with Gasteiger partial charge in [0.1, 0.15) is 0 Å². The van der Waals surface area contributed by atoms with Crippen LogP contribution in [0.2, 0.25) is 0 Å². The summed E-state index contributed by atoms with van der Waals surface area (Å²) in [5.74, 6) is 0. The molecule has 0 spiro atoms. The molecule has 0 saturated carbocycles. The Bertz CT molecular complexity index is 1920. The van der Waals surface area contributed by atoms with Crippen molar-refractivity contribution in [2.45, 2.75) is 45.8 Å². The van der Waals surface area contributed by atoms with Gasteiger partial charge >= 0.3 is 0 Å². The number of hydrogen-bond acceptors (Lipinski definition) is 14. The zero-order valence-electron chi connectivity index (χ0n) is 24.5. The molecule has 18 nitrogen and oxygen atoms in total. The van der Waals surface area contributed by atoms with Gasteiger partial charge in [0.05, 0.1) is 42.4 Å². The SMILES string of the molecule is O=S(=O)(O)c1ccnc(CN(CCN(Cc2cc(S(=O)(=O)O)ccn2)Cc2cc(S(=O)(=O)O)ccn2)Cc2cc(S(=O)(=O)O)ccn2)c1. The summed E-state index contributed by atoms with van der Waals surface area (Å²) in [6.45, 7) is -0.0923. The van der Waals surface area contributed by atoms with Gasteiger partial charge in [-0.1, -0.05) is 0 Å². The normalized spacial score (nSPS) is 12.9. The van der Waals surface area contributed by atoms with Crippen LogP contribution in [-0.2, 0) is 66.7 Å². The van der Waals surface area contributed by atoms with Crippen molar-refractivity contribution in [1.82, 2.24) is 29.7 Å². The first-order valence-corrected chi connectivity index (χ1v) is 19.2. The molecule has 0 aliphatic heterocycles. The lowest BCUT2D eigenvalue weighted by Gasteiger charge is -2.27. The minimum atomic E-state index is -4.57. The van der Waals surface area contributed by atoms with Gasteiger partial charge < -0.3 is 0 Å². The fourth-order valence-corrected chi connectivity index (χ4v) is 6.51. The molecule has 0 atom stereocenters. The summed E-state index contributed by atoms with van der Waals surface area (Å²) in [5, 5.41) is 0. The van der Waals surface area contributed by atoms with Gasteiger partial charge in [-0.25, -0.2) is 0 Å². The molecule has 0 aromatic carbocycles. The quantitative estimate of drug-likeness (QED) is 0.123. The Balaban J connectivity index is 1.68. The van der Waals surface area contributed by atoms with Crippen LogP contribution in [0.5, 0.6) is 0 Å². The standard InChI is InChI=1S/C26H28N6O12S4/c33-45(34,35)23-1-5-27-19(11-23)15-31(16-20-12-24(2-6-28-20)46(36,37)38)9-10-32(17-21-13-25(3-7-29-21)47(39,40)41)18-22-14-26(4-8-30-22)48(42,43)44/h1-8,11-14H,9-10,15-18H2,(H,33,34,35)(H,36,37,38)(H,39,40,41)(H,42,43,44). The first kappa shape index (κ1) is 37.0. The highest BCUT2D eigenvalue weighted by atomic mass is 32.2. The Kier molecular flexibility index (Phi) is 11.4. The van der Waals surface area contributed by atoms with Crippen molar-refractivity contribution in [3.8, 4) is 0 Å². The highest BCUT2D eigenvalue weighted by molar-refractivity contribution is 7.86. The highest BCUT2D eigenvalue weighted by Crippen LogP contribution is 2.18. The lowest BCUT2D eigenvalue weighted by molar-refractivity contribution is 0.177. The highest BCUT2D eigenvalue weighted by Gasteiger charge is 2.20. The van der Waals surface area contributed by atoms with Gasteiger partial charge in [-0.05, 0) is 48.5 Å². The average Bonchev–Trinajstić information content (AvgIpc) is 2.99. The Labute approximate surface area is 276 Å². The van der Waals surface area contributed by atoms with Crippen molar-refractivity contribution in [3.63, 3.8) is 0 Å². The molecule has 4 heterocycles. The molecule has 0 unspecified atom stereocenters. The molecule has 4 aromatic heterocycles. The number of nitrogens with zero attached hydrogens (tertiary/aromatic N) is 6. The summed E-state index contributed by atoms with van der Waals surface area (Å²) in [5.41, 5.74) is 0.751. The summed E-state index contributed by atoms with van der Waals surface area (Å²) in [7, 11) is -18.3. The van der Waals surface area contributed by atoms with Crippen LogP contribution in [0, 0.1) is 0 Å². The molecule has 0 saturated heterocycles. The van der Waals surface area contributed by atoms with Gasteiger partial charge in [-0.3, -0.25) is 47.9 Å². The van der Waals surface area contributed by atoms with Crippen LogP contribution < -0.4 is 0 Å². The summed E-state index contributed by atoms with van der Waals surface area (Å²) >= 11 is 0. The predicted octanol–water partition coefficient (Wildman–Crippen LogP) is 0.958. The zero-order chi connectivity index (χ0) is 35.3. The van der Waals surface area contributed by atoms with Crippen LogP contribution in [0.25, 0.3) is 0 Å². The van der Waals surface area contributed by atoms with Crippen molar-refractivity contribution in [2.75, 3.05) is 13.1 Å². The lowest BCUT2D eigenvalue weighted by Crippen LogP contribution is -2.35. The first-order valence-electron chi connectivity index (χ1n) is 13.4. The Hall–Kier alpha value is -3.84. The second kappa shape index (κ2) is 14.7. The van der Waals surface area contributed by atoms with E-state index in [0.29, 0.717) is 0 Å². The van der Waals surface area contributed by atoms with Crippen LogP contribution >= 0.6 is 0 Å². The van der Waals surface area contributed by atoms with Gasteiger partial charge in [0.15, 0.2) is 0 Å². The molecule has 258 valence electrons. The van der Waals surface area contributed by atoms with Crippen molar-refractivity contribution < 1.29 is 51.9 Å². The number of pyridine rings is 4. The summed E-state index contributed by atoms with van der Waals surface area (Å²) in [6.07, 6.45) is 4.67. The van der Waals surface area contributed by atoms with Crippen molar-refractivity contribution in [2.24, 2.45) is 0 Å². The minimum absolute atomic E-state index is 0.0675. The van der Waals surface area contributed by atoms with E-state index in [-0.39, 0.29) is 62.0 Å². The van der Waals surface area contributed by atoms with E-state index < -0.39 is 60.1 Å². The monoisotopic (exact) mass is 744 g/mol. The second-order valence-corrected chi connectivity index (χ2v) is 15.9. The molecule has 0 radical (unpaired) electrons.